The Hall–Kier alpha value is -2.04. The van der Waals surface area contributed by atoms with Gasteiger partial charge in [-0.3, -0.25) is 0 Å². The molecule has 0 unspecified atom stereocenters. The van der Waals surface area contributed by atoms with Crippen molar-refractivity contribution in [3.8, 4) is 0 Å². The van der Waals surface area contributed by atoms with E-state index in [2.05, 4.69) is 27.5 Å². The molecule has 0 aliphatic carbocycles. The van der Waals surface area contributed by atoms with Crippen molar-refractivity contribution >= 4 is 11.5 Å². The van der Waals surface area contributed by atoms with Gasteiger partial charge in [0.1, 0.15) is 5.82 Å². The molecule has 5 nitrogen and oxygen atoms in total. The molecule has 0 aromatic carbocycles. The Labute approximate surface area is 107 Å². The molecule has 0 amide bonds. The molecule has 0 aliphatic rings. The van der Waals surface area contributed by atoms with Gasteiger partial charge in [0, 0.05) is 50.0 Å². The number of imidazole rings is 1. The van der Waals surface area contributed by atoms with E-state index in [4.69, 9.17) is 0 Å². The third-order valence-electron chi connectivity index (χ3n) is 2.57. The topological polar surface area (TPSA) is 54.8 Å². The van der Waals surface area contributed by atoms with Crippen LogP contribution in [0.25, 0.3) is 0 Å². The van der Waals surface area contributed by atoms with Crippen molar-refractivity contribution in [1.29, 1.82) is 0 Å². The number of hydrogen-bond donors (Lipinski definition) is 2. The van der Waals surface area contributed by atoms with Gasteiger partial charge in [0.25, 0.3) is 0 Å². The molecule has 18 heavy (non-hydrogen) atoms. The number of pyridine rings is 1. The minimum atomic E-state index is 0.869. The largest absolute Gasteiger partial charge is 0.383 e. The minimum absolute atomic E-state index is 0.869. The third-order valence-corrected chi connectivity index (χ3v) is 2.57. The maximum absolute atomic E-state index is 4.27. The van der Waals surface area contributed by atoms with E-state index in [1.54, 1.807) is 6.20 Å². The highest BCUT2D eigenvalue weighted by Crippen LogP contribution is 2.11. The number of rotatable bonds is 7. The zero-order chi connectivity index (χ0) is 12.6. The van der Waals surface area contributed by atoms with Gasteiger partial charge in [-0.2, -0.15) is 0 Å². The van der Waals surface area contributed by atoms with E-state index in [0.717, 1.165) is 37.6 Å². The lowest BCUT2D eigenvalue weighted by molar-refractivity contribution is 0.727. The van der Waals surface area contributed by atoms with E-state index >= 15 is 0 Å². The maximum atomic E-state index is 4.27. The third kappa shape index (κ3) is 3.76. The second-order valence-electron chi connectivity index (χ2n) is 4.08. The van der Waals surface area contributed by atoms with Crippen molar-refractivity contribution in [3.05, 3.63) is 37.1 Å². The summed E-state index contributed by atoms with van der Waals surface area (Å²) in [6, 6.07) is 4.01. The van der Waals surface area contributed by atoms with Crippen LogP contribution in [-0.4, -0.2) is 27.6 Å². The standard InChI is InChI=1S/C13H19N5/c1-2-4-16-13-10-12(3-5-17-13)15-7-9-18-8-6-14-11-18/h3,5-6,8,10-11H,2,4,7,9H2,1H3,(H2,15,16,17). The van der Waals surface area contributed by atoms with E-state index < -0.39 is 0 Å². The number of anilines is 2. The molecule has 2 aromatic heterocycles. The molecule has 2 N–H and O–H groups in total. The van der Waals surface area contributed by atoms with Crippen LogP contribution >= 0.6 is 0 Å². The fourth-order valence-electron chi connectivity index (χ4n) is 1.64. The van der Waals surface area contributed by atoms with E-state index in [0.29, 0.717) is 0 Å². The van der Waals surface area contributed by atoms with E-state index in [-0.39, 0.29) is 0 Å². The Kier molecular flexibility index (Phi) is 4.58. The summed E-state index contributed by atoms with van der Waals surface area (Å²) in [6.07, 6.45) is 8.49. The van der Waals surface area contributed by atoms with Crippen molar-refractivity contribution in [2.24, 2.45) is 0 Å². The smallest absolute Gasteiger partial charge is 0.127 e. The van der Waals surface area contributed by atoms with Crippen LogP contribution in [0.3, 0.4) is 0 Å². The molecule has 2 heterocycles. The number of aromatic nitrogens is 3. The first kappa shape index (κ1) is 12.4. The molecule has 0 radical (unpaired) electrons. The van der Waals surface area contributed by atoms with Crippen molar-refractivity contribution in [2.45, 2.75) is 19.9 Å². The summed E-state index contributed by atoms with van der Waals surface area (Å²) in [5, 5.41) is 6.64. The second kappa shape index (κ2) is 6.64. The SMILES string of the molecule is CCCNc1cc(NCCn2ccnc2)ccn1. The molecular weight excluding hydrogens is 226 g/mol. The first-order chi connectivity index (χ1) is 8.88. The fourth-order valence-corrected chi connectivity index (χ4v) is 1.64. The summed E-state index contributed by atoms with van der Waals surface area (Å²) >= 11 is 0. The van der Waals surface area contributed by atoms with E-state index in [9.17, 15) is 0 Å². The molecular formula is C13H19N5. The lowest BCUT2D eigenvalue weighted by atomic mass is 10.3. The van der Waals surface area contributed by atoms with Gasteiger partial charge < -0.3 is 15.2 Å². The van der Waals surface area contributed by atoms with Gasteiger partial charge in [0.05, 0.1) is 6.33 Å². The van der Waals surface area contributed by atoms with Crippen molar-refractivity contribution in [1.82, 2.24) is 14.5 Å². The summed E-state index contributed by atoms with van der Waals surface area (Å²) in [6.45, 7) is 4.86. The van der Waals surface area contributed by atoms with Crippen LogP contribution < -0.4 is 10.6 Å². The van der Waals surface area contributed by atoms with Gasteiger partial charge >= 0.3 is 0 Å². The Morgan fingerprint density at radius 2 is 2.17 bits per heavy atom. The van der Waals surface area contributed by atoms with Crippen LogP contribution in [0.4, 0.5) is 11.5 Å². The summed E-state index contributed by atoms with van der Waals surface area (Å²) in [5.74, 6) is 0.921. The summed E-state index contributed by atoms with van der Waals surface area (Å²) < 4.78 is 2.05. The van der Waals surface area contributed by atoms with E-state index in [1.165, 1.54) is 0 Å². The normalized spacial score (nSPS) is 10.3. The van der Waals surface area contributed by atoms with Crippen LogP contribution in [0, 0.1) is 0 Å². The molecule has 96 valence electrons. The molecule has 0 spiro atoms. The summed E-state index contributed by atoms with van der Waals surface area (Å²) in [5.41, 5.74) is 1.09. The second-order valence-corrected chi connectivity index (χ2v) is 4.08. The lowest BCUT2D eigenvalue weighted by Gasteiger charge is -2.09. The zero-order valence-electron chi connectivity index (χ0n) is 10.6. The van der Waals surface area contributed by atoms with Crippen molar-refractivity contribution < 1.29 is 0 Å². The van der Waals surface area contributed by atoms with Gasteiger partial charge in [-0.05, 0) is 12.5 Å². The van der Waals surface area contributed by atoms with Gasteiger partial charge in [-0.25, -0.2) is 9.97 Å². The van der Waals surface area contributed by atoms with Gasteiger partial charge in [-0.15, -0.1) is 0 Å². The Bertz CT molecular complexity index is 452. The molecule has 0 bridgehead atoms. The average Bonchev–Trinajstić information content (AvgIpc) is 2.90. The first-order valence-corrected chi connectivity index (χ1v) is 6.28. The highest BCUT2D eigenvalue weighted by atomic mass is 15.0. The molecule has 0 fully saturated rings. The minimum Gasteiger partial charge on any atom is -0.383 e. The van der Waals surface area contributed by atoms with Crippen LogP contribution in [0.1, 0.15) is 13.3 Å². The first-order valence-electron chi connectivity index (χ1n) is 6.28. The lowest BCUT2D eigenvalue weighted by Crippen LogP contribution is -2.09. The van der Waals surface area contributed by atoms with Crippen LogP contribution in [0.5, 0.6) is 0 Å². The Balaban J connectivity index is 1.81. The van der Waals surface area contributed by atoms with Gasteiger partial charge in [0.15, 0.2) is 0 Å². The highest BCUT2D eigenvalue weighted by molar-refractivity contribution is 5.51. The average molecular weight is 245 g/mol. The van der Waals surface area contributed by atoms with E-state index in [1.807, 2.05) is 35.4 Å². The van der Waals surface area contributed by atoms with Gasteiger partial charge in [0.2, 0.25) is 0 Å². The molecule has 2 aromatic rings. The Morgan fingerprint density at radius 3 is 2.94 bits per heavy atom. The van der Waals surface area contributed by atoms with Crippen LogP contribution in [0.2, 0.25) is 0 Å². The molecule has 0 saturated heterocycles. The molecule has 5 heteroatoms. The number of nitrogens with zero attached hydrogens (tertiary/aromatic N) is 3. The van der Waals surface area contributed by atoms with Crippen molar-refractivity contribution in [2.75, 3.05) is 23.7 Å². The van der Waals surface area contributed by atoms with Crippen LogP contribution in [-0.2, 0) is 6.54 Å². The number of nitrogens with one attached hydrogen (secondary N) is 2. The number of hydrogen-bond acceptors (Lipinski definition) is 4. The zero-order valence-corrected chi connectivity index (χ0v) is 10.6. The maximum Gasteiger partial charge on any atom is 0.127 e. The summed E-state index contributed by atoms with van der Waals surface area (Å²) in [7, 11) is 0. The fraction of sp³-hybridized carbons (Fsp3) is 0.385. The predicted octanol–water partition coefficient (Wildman–Crippen LogP) is 2.21. The molecule has 0 atom stereocenters. The molecule has 0 saturated carbocycles. The Morgan fingerprint density at radius 1 is 1.22 bits per heavy atom. The van der Waals surface area contributed by atoms with Gasteiger partial charge in [-0.1, -0.05) is 6.92 Å². The van der Waals surface area contributed by atoms with Crippen molar-refractivity contribution in [3.63, 3.8) is 0 Å². The quantitative estimate of drug-likeness (QED) is 0.785. The monoisotopic (exact) mass is 245 g/mol. The van der Waals surface area contributed by atoms with Crippen LogP contribution in [0.15, 0.2) is 37.1 Å². The molecule has 2 rings (SSSR count). The predicted molar refractivity (Wildman–Crippen MR) is 73.7 cm³/mol. The summed E-state index contributed by atoms with van der Waals surface area (Å²) in [4.78, 5) is 8.28. The molecule has 0 aliphatic heterocycles. The highest BCUT2D eigenvalue weighted by Gasteiger charge is 1.96.